The number of benzene rings is 3. The molecular formula is C23H20BrCl2N3O. The van der Waals surface area contributed by atoms with E-state index in [1.54, 1.807) is 6.07 Å². The van der Waals surface area contributed by atoms with Crippen molar-refractivity contribution in [2.75, 3.05) is 6.54 Å². The van der Waals surface area contributed by atoms with Crippen LogP contribution in [-0.2, 0) is 19.6 Å². The van der Waals surface area contributed by atoms with Crippen molar-refractivity contribution < 1.29 is 4.74 Å². The molecule has 0 bridgehead atoms. The molecule has 0 amide bonds. The number of hydrogen-bond acceptors (Lipinski definition) is 3. The zero-order chi connectivity index (χ0) is 20.9. The summed E-state index contributed by atoms with van der Waals surface area (Å²) in [5.41, 5.74) is 4.11. The lowest BCUT2D eigenvalue weighted by Gasteiger charge is -2.13. The van der Waals surface area contributed by atoms with Crippen LogP contribution in [0.2, 0.25) is 10.0 Å². The van der Waals surface area contributed by atoms with Crippen molar-refractivity contribution in [3.63, 3.8) is 0 Å². The van der Waals surface area contributed by atoms with Crippen LogP contribution < -0.4 is 10.1 Å². The number of aromatic amines is 1. The Morgan fingerprint density at radius 3 is 2.70 bits per heavy atom. The van der Waals surface area contributed by atoms with Crippen molar-refractivity contribution in [3.8, 4) is 5.75 Å². The third-order valence-electron chi connectivity index (χ3n) is 4.69. The van der Waals surface area contributed by atoms with Gasteiger partial charge in [-0.05, 0) is 48.0 Å². The van der Waals surface area contributed by atoms with E-state index in [9.17, 15) is 0 Å². The molecule has 0 aliphatic heterocycles. The van der Waals surface area contributed by atoms with Gasteiger partial charge in [-0.3, -0.25) is 0 Å². The average molecular weight is 505 g/mol. The Balaban J connectivity index is 1.34. The minimum absolute atomic E-state index is 0.421. The zero-order valence-electron chi connectivity index (χ0n) is 16.1. The largest absolute Gasteiger partial charge is 0.489 e. The molecule has 1 heterocycles. The molecule has 0 radical (unpaired) electrons. The van der Waals surface area contributed by atoms with Crippen LogP contribution >= 0.6 is 39.1 Å². The predicted molar refractivity (Wildman–Crippen MR) is 126 cm³/mol. The molecule has 4 nitrogen and oxygen atoms in total. The lowest BCUT2D eigenvalue weighted by Crippen LogP contribution is -2.17. The van der Waals surface area contributed by atoms with Crippen LogP contribution in [0.1, 0.15) is 17.0 Å². The van der Waals surface area contributed by atoms with E-state index in [4.69, 9.17) is 27.9 Å². The first-order chi connectivity index (χ1) is 14.6. The number of halogens is 3. The van der Waals surface area contributed by atoms with Gasteiger partial charge in [0.25, 0.3) is 0 Å². The van der Waals surface area contributed by atoms with Crippen LogP contribution in [0.25, 0.3) is 11.0 Å². The number of imidazole rings is 1. The van der Waals surface area contributed by atoms with E-state index >= 15 is 0 Å². The Hall–Kier alpha value is -2.05. The van der Waals surface area contributed by atoms with Crippen LogP contribution in [0.3, 0.4) is 0 Å². The fourth-order valence-electron chi connectivity index (χ4n) is 3.17. The van der Waals surface area contributed by atoms with E-state index in [2.05, 4.69) is 37.3 Å². The fraction of sp³-hybridized carbons (Fsp3) is 0.174. The summed E-state index contributed by atoms with van der Waals surface area (Å²) in [6.07, 6.45) is 0.822. The van der Waals surface area contributed by atoms with Gasteiger partial charge >= 0.3 is 0 Å². The van der Waals surface area contributed by atoms with E-state index < -0.39 is 0 Å². The number of rotatable bonds is 8. The molecule has 0 saturated carbocycles. The maximum absolute atomic E-state index is 6.10. The van der Waals surface area contributed by atoms with E-state index in [1.165, 1.54) is 0 Å². The van der Waals surface area contributed by atoms with Gasteiger partial charge in [0.05, 0.1) is 21.1 Å². The summed E-state index contributed by atoms with van der Waals surface area (Å²) in [7, 11) is 0. The fourth-order valence-corrected chi connectivity index (χ4v) is 3.90. The number of nitrogens with zero attached hydrogens (tertiary/aromatic N) is 1. The first-order valence-electron chi connectivity index (χ1n) is 9.58. The van der Waals surface area contributed by atoms with Crippen molar-refractivity contribution in [2.24, 2.45) is 0 Å². The Morgan fingerprint density at radius 1 is 1.00 bits per heavy atom. The van der Waals surface area contributed by atoms with Crippen molar-refractivity contribution in [1.29, 1.82) is 0 Å². The topological polar surface area (TPSA) is 49.9 Å². The SMILES string of the molecule is Clc1ccc(COc2ccc(Br)cc2CNCCc2nc3ccccc3[nH]2)cc1Cl. The van der Waals surface area contributed by atoms with Crippen LogP contribution in [0.15, 0.2) is 65.1 Å². The molecule has 0 fully saturated rings. The molecule has 0 aliphatic carbocycles. The molecule has 2 N–H and O–H groups in total. The molecule has 4 aromatic rings. The Labute approximate surface area is 193 Å². The van der Waals surface area contributed by atoms with Crippen LogP contribution in [0.4, 0.5) is 0 Å². The minimum atomic E-state index is 0.421. The van der Waals surface area contributed by atoms with Crippen molar-refractivity contribution >= 4 is 50.2 Å². The first-order valence-corrected chi connectivity index (χ1v) is 11.1. The maximum Gasteiger partial charge on any atom is 0.124 e. The van der Waals surface area contributed by atoms with Gasteiger partial charge in [-0.2, -0.15) is 0 Å². The minimum Gasteiger partial charge on any atom is -0.489 e. The molecule has 0 atom stereocenters. The van der Waals surface area contributed by atoms with Gasteiger partial charge in [0.2, 0.25) is 0 Å². The molecule has 154 valence electrons. The van der Waals surface area contributed by atoms with Crippen LogP contribution in [0.5, 0.6) is 5.75 Å². The molecule has 3 aromatic carbocycles. The van der Waals surface area contributed by atoms with Gasteiger partial charge in [0.15, 0.2) is 0 Å². The van der Waals surface area contributed by atoms with Gasteiger partial charge in [-0.15, -0.1) is 0 Å². The van der Waals surface area contributed by atoms with Gasteiger partial charge < -0.3 is 15.0 Å². The lowest BCUT2D eigenvalue weighted by molar-refractivity contribution is 0.302. The molecule has 4 rings (SSSR count). The summed E-state index contributed by atoms with van der Waals surface area (Å²) in [6, 6.07) is 19.6. The monoisotopic (exact) mass is 503 g/mol. The van der Waals surface area contributed by atoms with Crippen molar-refractivity contribution in [2.45, 2.75) is 19.6 Å². The molecule has 7 heteroatoms. The summed E-state index contributed by atoms with van der Waals surface area (Å²) in [5.74, 6) is 1.81. The molecule has 30 heavy (non-hydrogen) atoms. The first kappa shape index (κ1) is 21.2. The highest BCUT2D eigenvalue weighted by Gasteiger charge is 2.07. The van der Waals surface area contributed by atoms with Gasteiger partial charge in [0.1, 0.15) is 18.2 Å². The Morgan fingerprint density at radius 2 is 1.87 bits per heavy atom. The highest BCUT2D eigenvalue weighted by atomic mass is 79.9. The smallest absolute Gasteiger partial charge is 0.124 e. The number of hydrogen-bond donors (Lipinski definition) is 2. The Bertz CT molecular complexity index is 1130. The number of para-hydroxylation sites is 2. The maximum atomic E-state index is 6.10. The Kier molecular flexibility index (Phi) is 6.95. The van der Waals surface area contributed by atoms with Crippen molar-refractivity contribution in [1.82, 2.24) is 15.3 Å². The second-order valence-electron chi connectivity index (χ2n) is 6.92. The highest BCUT2D eigenvalue weighted by Crippen LogP contribution is 2.26. The molecule has 1 aromatic heterocycles. The number of nitrogens with one attached hydrogen (secondary N) is 2. The zero-order valence-corrected chi connectivity index (χ0v) is 19.2. The summed E-state index contributed by atoms with van der Waals surface area (Å²) in [5, 5.41) is 4.55. The van der Waals surface area contributed by atoms with E-state index in [-0.39, 0.29) is 0 Å². The average Bonchev–Trinajstić information content (AvgIpc) is 3.16. The van der Waals surface area contributed by atoms with Crippen LogP contribution in [0, 0.1) is 0 Å². The lowest BCUT2D eigenvalue weighted by atomic mass is 10.2. The van der Waals surface area contributed by atoms with Gasteiger partial charge in [-0.25, -0.2) is 4.98 Å². The molecule has 0 saturated heterocycles. The second-order valence-corrected chi connectivity index (χ2v) is 8.65. The van der Waals surface area contributed by atoms with E-state index in [0.29, 0.717) is 23.2 Å². The van der Waals surface area contributed by atoms with E-state index in [1.807, 2.05) is 48.5 Å². The number of fused-ring (bicyclic) bond motifs is 1. The van der Waals surface area contributed by atoms with Crippen molar-refractivity contribution in [3.05, 3.63) is 92.1 Å². The quantitative estimate of drug-likeness (QED) is 0.268. The third-order valence-corrected chi connectivity index (χ3v) is 5.93. The van der Waals surface area contributed by atoms with Gasteiger partial charge in [0, 0.05) is 29.5 Å². The number of aromatic nitrogens is 2. The molecule has 0 spiro atoms. The number of ether oxygens (including phenoxy) is 1. The normalized spacial score (nSPS) is 11.2. The van der Waals surface area contributed by atoms with E-state index in [0.717, 1.165) is 51.2 Å². The molecular weight excluding hydrogens is 485 g/mol. The molecule has 0 unspecified atom stereocenters. The van der Waals surface area contributed by atoms with Gasteiger partial charge in [-0.1, -0.05) is 57.3 Å². The summed E-state index contributed by atoms with van der Waals surface area (Å²) < 4.78 is 7.06. The second kappa shape index (κ2) is 9.84. The highest BCUT2D eigenvalue weighted by molar-refractivity contribution is 9.10. The summed E-state index contributed by atoms with van der Waals surface area (Å²) in [4.78, 5) is 7.98. The third kappa shape index (κ3) is 5.35. The predicted octanol–water partition coefficient (Wildman–Crippen LogP) is 6.54. The summed E-state index contributed by atoms with van der Waals surface area (Å²) >= 11 is 15.6. The molecule has 0 aliphatic rings. The van der Waals surface area contributed by atoms with Crippen LogP contribution in [-0.4, -0.2) is 16.5 Å². The number of H-pyrrole nitrogens is 1. The summed E-state index contributed by atoms with van der Waals surface area (Å²) in [6.45, 7) is 1.92. The standard InChI is InChI=1S/C23H20BrCl2N3O/c24-17-6-8-22(30-14-15-5-7-18(25)19(26)11-15)16(12-17)13-27-10-9-23-28-20-3-1-2-4-21(20)29-23/h1-8,11-12,27H,9-10,13-14H2,(H,28,29).